The van der Waals surface area contributed by atoms with E-state index in [2.05, 4.69) is 0 Å². The van der Waals surface area contributed by atoms with E-state index < -0.39 is 16.8 Å². The molecule has 1 N–H and O–H groups in total. The van der Waals surface area contributed by atoms with Crippen molar-refractivity contribution in [3.05, 3.63) is 50.1 Å². The van der Waals surface area contributed by atoms with Crippen LogP contribution in [-0.4, -0.2) is 15.3 Å². The summed E-state index contributed by atoms with van der Waals surface area (Å²) in [7, 11) is -1.36. The SMILES string of the molecule is O=C(O)c1sccc1CS(=O)c1ccc(Cl)c(Cl)c1. The molecule has 0 amide bonds. The van der Waals surface area contributed by atoms with Gasteiger partial charge in [0.2, 0.25) is 0 Å². The van der Waals surface area contributed by atoms with E-state index in [1.165, 1.54) is 6.07 Å². The Bertz CT molecular complexity index is 652. The van der Waals surface area contributed by atoms with Crippen LogP contribution < -0.4 is 0 Å². The summed E-state index contributed by atoms with van der Waals surface area (Å²) in [4.78, 5) is 11.7. The van der Waals surface area contributed by atoms with Crippen LogP contribution in [-0.2, 0) is 16.6 Å². The van der Waals surface area contributed by atoms with Crippen LogP contribution >= 0.6 is 34.5 Å². The third-order valence-electron chi connectivity index (χ3n) is 2.38. The molecule has 100 valence electrons. The lowest BCUT2D eigenvalue weighted by Gasteiger charge is -2.04. The zero-order valence-electron chi connectivity index (χ0n) is 9.43. The van der Waals surface area contributed by atoms with Crippen LogP contribution in [0, 0.1) is 0 Å². The molecule has 19 heavy (non-hydrogen) atoms. The monoisotopic (exact) mass is 334 g/mol. The predicted molar refractivity (Wildman–Crippen MR) is 77.9 cm³/mol. The highest BCUT2D eigenvalue weighted by molar-refractivity contribution is 7.84. The van der Waals surface area contributed by atoms with Gasteiger partial charge in [0.1, 0.15) is 4.88 Å². The molecular weight excluding hydrogens is 327 g/mol. The zero-order valence-corrected chi connectivity index (χ0v) is 12.6. The topological polar surface area (TPSA) is 54.4 Å². The number of aromatic carboxylic acids is 1. The van der Waals surface area contributed by atoms with E-state index in [9.17, 15) is 9.00 Å². The number of carbonyl (C=O) groups is 1. The molecule has 0 aliphatic rings. The molecule has 0 aliphatic heterocycles. The second-order valence-electron chi connectivity index (χ2n) is 3.65. The van der Waals surface area contributed by atoms with Crippen LogP contribution in [0.15, 0.2) is 34.5 Å². The number of halogens is 2. The minimum absolute atomic E-state index is 0.142. The summed E-state index contributed by atoms with van der Waals surface area (Å²) >= 11 is 12.8. The van der Waals surface area contributed by atoms with Gasteiger partial charge in [0.05, 0.1) is 26.6 Å². The molecule has 0 aliphatic carbocycles. The quantitative estimate of drug-likeness (QED) is 0.917. The smallest absolute Gasteiger partial charge is 0.346 e. The maximum atomic E-state index is 12.2. The summed E-state index contributed by atoms with van der Waals surface area (Å²) in [6, 6.07) is 6.40. The van der Waals surface area contributed by atoms with Crippen LogP contribution in [0.1, 0.15) is 15.2 Å². The van der Waals surface area contributed by atoms with E-state index in [4.69, 9.17) is 28.3 Å². The van der Waals surface area contributed by atoms with Gasteiger partial charge in [-0.25, -0.2) is 4.79 Å². The van der Waals surface area contributed by atoms with Crippen molar-refractivity contribution in [3.8, 4) is 0 Å². The van der Waals surface area contributed by atoms with Crippen molar-refractivity contribution < 1.29 is 14.1 Å². The molecule has 1 atom stereocenters. The molecule has 0 bridgehead atoms. The average Bonchev–Trinajstić information content (AvgIpc) is 2.80. The van der Waals surface area contributed by atoms with E-state index in [1.54, 1.807) is 23.6 Å². The van der Waals surface area contributed by atoms with Gasteiger partial charge in [0.15, 0.2) is 0 Å². The Kier molecular flexibility index (Phi) is 4.62. The van der Waals surface area contributed by atoms with Crippen molar-refractivity contribution >= 4 is 51.3 Å². The first-order chi connectivity index (χ1) is 8.99. The lowest BCUT2D eigenvalue weighted by atomic mass is 10.3. The molecule has 0 radical (unpaired) electrons. The Morgan fingerprint density at radius 2 is 2.00 bits per heavy atom. The van der Waals surface area contributed by atoms with Gasteiger partial charge in [-0.05, 0) is 35.2 Å². The maximum Gasteiger partial charge on any atom is 0.346 e. The minimum atomic E-state index is -1.36. The summed E-state index contributed by atoms with van der Waals surface area (Å²) in [5.74, 6) is -0.862. The fourth-order valence-electron chi connectivity index (χ4n) is 1.48. The number of carboxylic acids is 1. The first kappa shape index (κ1) is 14.5. The fourth-order valence-corrected chi connectivity index (χ4v) is 3.85. The number of hydrogen-bond acceptors (Lipinski definition) is 3. The molecule has 2 aromatic rings. The Balaban J connectivity index is 2.23. The van der Waals surface area contributed by atoms with Gasteiger partial charge in [-0.2, -0.15) is 0 Å². The highest BCUT2D eigenvalue weighted by atomic mass is 35.5. The molecule has 1 heterocycles. The third-order valence-corrected chi connectivity index (χ3v) is 5.42. The van der Waals surface area contributed by atoms with Crippen molar-refractivity contribution in [2.45, 2.75) is 10.6 Å². The number of thiophene rings is 1. The lowest BCUT2D eigenvalue weighted by Crippen LogP contribution is -2.02. The van der Waals surface area contributed by atoms with Gasteiger partial charge in [0, 0.05) is 4.90 Å². The van der Waals surface area contributed by atoms with E-state index in [1.807, 2.05) is 0 Å². The van der Waals surface area contributed by atoms with Gasteiger partial charge < -0.3 is 5.11 Å². The van der Waals surface area contributed by atoms with Crippen molar-refractivity contribution in [2.75, 3.05) is 0 Å². The molecule has 2 rings (SSSR count). The van der Waals surface area contributed by atoms with Gasteiger partial charge in [-0.1, -0.05) is 23.2 Å². The Hall–Kier alpha value is -0.880. The highest BCUT2D eigenvalue weighted by Crippen LogP contribution is 2.26. The van der Waals surface area contributed by atoms with E-state index in [0.29, 0.717) is 20.5 Å². The van der Waals surface area contributed by atoms with Crippen molar-refractivity contribution in [1.29, 1.82) is 0 Å². The molecule has 1 unspecified atom stereocenters. The maximum absolute atomic E-state index is 12.2. The first-order valence-corrected chi connectivity index (χ1v) is 8.07. The van der Waals surface area contributed by atoms with Crippen LogP contribution in [0.5, 0.6) is 0 Å². The van der Waals surface area contributed by atoms with Gasteiger partial charge in [-0.3, -0.25) is 4.21 Å². The second-order valence-corrected chi connectivity index (χ2v) is 6.83. The number of rotatable bonds is 4. The summed E-state index contributed by atoms with van der Waals surface area (Å²) in [6.45, 7) is 0. The second kappa shape index (κ2) is 6.05. The third kappa shape index (κ3) is 3.36. The molecule has 1 aromatic heterocycles. The van der Waals surface area contributed by atoms with E-state index >= 15 is 0 Å². The molecule has 3 nitrogen and oxygen atoms in total. The average molecular weight is 335 g/mol. The van der Waals surface area contributed by atoms with Crippen LogP contribution in [0.25, 0.3) is 0 Å². The number of hydrogen-bond donors (Lipinski definition) is 1. The molecule has 1 aromatic carbocycles. The number of carboxylic acid groups (broad SMARTS) is 1. The van der Waals surface area contributed by atoms with Crippen molar-refractivity contribution in [2.24, 2.45) is 0 Å². The van der Waals surface area contributed by atoms with E-state index in [0.717, 1.165) is 11.3 Å². The Morgan fingerprint density at radius 1 is 1.26 bits per heavy atom. The molecule has 7 heteroatoms. The first-order valence-electron chi connectivity index (χ1n) is 5.12. The summed E-state index contributed by atoms with van der Waals surface area (Å²) < 4.78 is 12.2. The van der Waals surface area contributed by atoms with Gasteiger partial charge >= 0.3 is 5.97 Å². The Morgan fingerprint density at radius 3 is 2.63 bits per heavy atom. The predicted octanol–water partition coefficient (Wildman–Crippen LogP) is 4.06. The largest absolute Gasteiger partial charge is 0.477 e. The van der Waals surface area contributed by atoms with Gasteiger partial charge in [0.25, 0.3) is 0 Å². The zero-order chi connectivity index (χ0) is 14.0. The highest BCUT2D eigenvalue weighted by Gasteiger charge is 2.15. The molecule has 0 saturated carbocycles. The molecule has 0 spiro atoms. The fraction of sp³-hybridized carbons (Fsp3) is 0.0833. The molecular formula is C12H8Cl2O3S2. The van der Waals surface area contributed by atoms with E-state index in [-0.39, 0.29) is 10.6 Å². The molecule has 0 fully saturated rings. The van der Waals surface area contributed by atoms with Crippen LogP contribution in [0.4, 0.5) is 0 Å². The summed E-state index contributed by atoms with van der Waals surface area (Å²) in [6.07, 6.45) is 0. The summed E-state index contributed by atoms with van der Waals surface area (Å²) in [5.41, 5.74) is 0.557. The normalized spacial score (nSPS) is 12.3. The molecule has 0 saturated heterocycles. The van der Waals surface area contributed by atoms with Crippen LogP contribution in [0.3, 0.4) is 0 Å². The minimum Gasteiger partial charge on any atom is -0.477 e. The standard InChI is InChI=1S/C12H8Cl2O3S2/c13-9-2-1-8(5-10(9)14)19(17)6-7-3-4-18-11(7)12(15)16/h1-5H,6H2,(H,15,16). The van der Waals surface area contributed by atoms with Crippen LogP contribution in [0.2, 0.25) is 10.0 Å². The Labute approximate surface area is 126 Å². The summed E-state index contributed by atoms with van der Waals surface area (Å²) in [5, 5.41) is 11.4. The number of benzene rings is 1. The van der Waals surface area contributed by atoms with Gasteiger partial charge in [-0.15, -0.1) is 11.3 Å². The lowest BCUT2D eigenvalue weighted by molar-refractivity contribution is 0.0701. The van der Waals surface area contributed by atoms with Crippen molar-refractivity contribution in [3.63, 3.8) is 0 Å². The van der Waals surface area contributed by atoms with Crippen molar-refractivity contribution in [1.82, 2.24) is 0 Å².